The normalized spacial score (nSPS) is 23.6. The van der Waals surface area contributed by atoms with Crippen molar-refractivity contribution in [2.45, 2.75) is 5.92 Å². The molecule has 1 aliphatic heterocycles. The minimum absolute atomic E-state index is 0.0868. The molecule has 92 valence electrons. The molecule has 0 aliphatic carbocycles. The van der Waals surface area contributed by atoms with Crippen molar-refractivity contribution >= 4 is 11.7 Å². The fourth-order valence-electron chi connectivity index (χ4n) is 2.31. The molecule has 0 bridgehead atoms. The Morgan fingerprint density at radius 3 is 2.47 bits per heavy atom. The number of carbonyl (C=O) groups is 1. The van der Waals surface area contributed by atoms with Gasteiger partial charge in [-0.05, 0) is 17.7 Å². The van der Waals surface area contributed by atoms with Gasteiger partial charge in [-0.3, -0.25) is 4.79 Å². The van der Waals surface area contributed by atoms with E-state index in [9.17, 15) is 4.79 Å². The summed E-state index contributed by atoms with van der Waals surface area (Å²) in [5, 5.41) is 12.3. The van der Waals surface area contributed by atoms with Gasteiger partial charge in [0.15, 0.2) is 0 Å². The highest BCUT2D eigenvalue weighted by Crippen LogP contribution is 2.29. The molecule has 0 amide bonds. The maximum absolute atomic E-state index is 11.1. The van der Waals surface area contributed by atoms with E-state index >= 15 is 0 Å². The molecular formula is C13H18N2O2. The van der Waals surface area contributed by atoms with Gasteiger partial charge in [-0.15, -0.1) is 0 Å². The highest BCUT2D eigenvalue weighted by Gasteiger charge is 2.33. The van der Waals surface area contributed by atoms with E-state index in [-0.39, 0.29) is 11.8 Å². The molecule has 0 radical (unpaired) electrons. The van der Waals surface area contributed by atoms with Crippen molar-refractivity contribution in [3.8, 4) is 0 Å². The zero-order valence-corrected chi connectivity index (χ0v) is 10.2. The first kappa shape index (κ1) is 11.9. The van der Waals surface area contributed by atoms with Crippen LogP contribution >= 0.6 is 0 Å². The van der Waals surface area contributed by atoms with Gasteiger partial charge in [0.1, 0.15) is 0 Å². The van der Waals surface area contributed by atoms with Crippen LogP contribution in [-0.2, 0) is 4.79 Å². The number of benzene rings is 1. The van der Waals surface area contributed by atoms with Crippen LogP contribution < -0.4 is 10.2 Å². The van der Waals surface area contributed by atoms with E-state index in [4.69, 9.17) is 5.11 Å². The smallest absolute Gasteiger partial charge is 0.308 e. The van der Waals surface area contributed by atoms with E-state index in [0.29, 0.717) is 6.54 Å². The average molecular weight is 234 g/mol. The van der Waals surface area contributed by atoms with E-state index in [1.807, 2.05) is 43.3 Å². The van der Waals surface area contributed by atoms with Crippen LogP contribution in [0.15, 0.2) is 24.3 Å². The van der Waals surface area contributed by atoms with E-state index < -0.39 is 5.97 Å². The Bertz CT molecular complexity index is 400. The quantitative estimate of drug-likeness (QED) is 0.823. The zero-order valence-electron chi connectivity index (χ0n) is 10.2. The van der Waals surface area contributed by atoms with Crippen molar-refractivity contribution in [3.63, 3.8) is 0 Å². The van der Waals surface area contributed by atoms with Crippen LogP contribution in [0, 0.1) is 5.92 Å². The van der Waals surface area contributed by atoms with E-state index in [1.54, 1.807) is 0 Å². The van der Waals surface area contributed by atoms with Crippen LogP contribution in [0.25, 0.3) is 0 Å². The predicted molar refractivity (Wildman–Crippen MR) is 67.5 cm³/mol. The fourth-order valence-corrected chi connectivity index (χ4v) is 2.31. The van der Waals surface area contributed by atoms with Crippen LogP contribution in [0.4, 0.5) is 5.69 Å². The molecule has 4 heteroatoms. The van der Waals surface area contributed by atoms with Gasteiger partial charge < -0.3 is 15.3 Å². The molecule has 0 unspecified atom stereocenters. The summed E-state index contributed by atoms with van der Waals surface area (Å²) in [5.74, 6) is -0.930. The molecule has 1 aromatic carbocycles. The van der Waals surface area contributed by atoms with E-state index in [0.717, 1.165) is 17.8 Å². The number of nitrogens with zero attached hydrogens (tertiary/aromatic N) is 1. The molecular weight excluding hydrogens is 216 g/mol. The summed E-state index contributed by atoms with van der Waals surface area (Å²) in [5.41, 5.74) is 2.24. The number of aliphatic carboxylic acids is 1. The molecule has 1 heterocycles. The number of hydrogen-bond donors (Lipinski definition) is 2. The third kappa shape index (κ3) is 2.42. The number of hydrogen-bond acceptors (Lipinski definition) is 3. The third-order valence-corrected chi connectivity index (χ3v) is 3.37. The van der Waals surface area contributed by atoms with Crippen molar-refractivity contribution in [2.24, 2.45) is 5.92 Å². The van der Waals surface area contributed by atoms with Gasteiger partial charge in [0.25, 0.3) is 0 Å². The van der Waals surface area contributed by atoms with E-state index in [1.165, 1.54) is 0 Å². The second kappa shape index (κ2) is 4.75. The van der Waals surface area contributed by atoms with Crippen molar-refractivity contribution < 1.29 is 9.90 Å². The number of carboxylic acids is 1. The molecule has 1 aliphatic rings. The highest BCUT2D eigenvalue weighted by molar-refractivity contribution is 5.72. The van der Waals surface area contributed by atoms with Crippen LogP contribution in [-0.4, -0.2) is 38.3 Å². The van der Waals surface area contributed by atoms with Gasteiger partial charge in [-0.2, -0.15) is 0 Å². The SMILES string of the molecule is CN(C)c1ccc([C@@H]2CNC[C@H]2C(=O)O)cc1. The number of nitrogens with one attached hydrogen (secondary N) is 1. The summed E-state index contributed by atoms with van der Waals surface area (Å²) in [7, 11) is 3.98. The van der Waals surface area contributed by atoms with Gasteiger partial charge in [0, 0.05) is 38.8 Å². The Kier molecular flexibility index (Phi) is 3.33. The van der Waals surface area contributed by atoms with Gasteiger partial charge >= 0.3 is 5.97 Å². The lowest BCUT2D eigenvalue weighted by molar-refractivity contribution is -0.141. The molecule has 0 saturated carbocycles. The average Bonchev–Trinajstić information content (AvgIpc) is 2.78. The second-order valence-corrected chi connectivity index (χ2v) is 4.70. The van der Waals surface area contributed by atoms with Crippen molar-refractivity contribution in [1.29, 1.82) is 0 Å². The molecule has 17 heavy (non-hydrogen) atoms. The lowest BCUT2D eigenvalue weighted by Crippen LogP contribution is -2.21. The molecule has 1 aromatic rings. The Hall–Kier alpha value is -1.55. The second-order valence-electron chi connectivity index (χ2n) is 4.70. The van der Waals surface area contributed by atoms with Crippen LogP contribution in [0.3, 0.4) is 0 Å². The first-order valence-corrected chi connectivity index (χ1v) is 5.80. The first-order chi connectivity index (χ1) is 8.09. The summed E-state index contributed by atoms with van der Waals surface area (Å²) in [4.78, 5) is 13.1. The largest absolute Gasteiger partial charge is 0.481 e. The van der Waals surface area contributed by atoms with Crippen LogP contribution in [0.5, 0.6) is 0 Å². The molecule has 2 rings (SSSR count). The molecule has 2 N–H and O–H groups in total. The van der Waals surface area contributed by atoms with Crippen LogP contribution in [0.2, 0.25) is 0 Å². The molecule has 1 saturated heterocycles. The summed E-state index contributed by atoms with van der Waals surface area (Å²) < 4.78 is 0. The molecule has 4 nitrogen and oxygen atoms in total. The van der Waals surface area contributed by atoms with Gasteiger partial charge in [-0.1, -0.05) is 12.1 Å². The fraction of sp³-hybridized carbons (Fsp3) is 0.462. The van der Waals surface area contributed by atoms with Crippen molar-refractivity contribution in [3.05, 3.63) is 29.8 Å². The summed E-state index contributed by atoms with van der Waals surface area (Å²) in [6.07, 6.45) is 0. The molecule has 0 aromatic heterocycles. The number of anilines is 1. The Morgan fingerprint density at radius 1 is 1.29 bits per heavy atom. The standard InChI is InChI=1S/C13H18N2O2/c1-15(2)10-5-3-9(4-6-10)11-7-14-8-12(11)13(16)17/h3-6,11-12,14H,7-8H2,1-2H3,(H,16,17)/t11-,12+/m0/s1. The van der Waals surface area contributed by atoms with Gasteiger partial charge in [0.2, 0.25) is 0 Å². The summed E-state index contributed by atoms with van der Waals surface area (Å²) in [6, 6.07) is 8.13. The minimum Gasteiger partial charge on any atom is -0.481 e. The molecule has 1 fully saturated rings. The Balaban J connectivity index is 2.19. The Labute approximate surface area is 101 Å². The molecule has 0 spiro atoms. The molecule has 2 atom stereocenters. The third-order valence-electron chi connectivity index (χ3n) is 3.37. The van der Waals surface area contributed by atoms with Gasteiger partial charge in [0.05, 0.1) is 5.92 Å². The lowest BCUT2D eigenvalue weighted by atomic mass is 9.89. The van der Waals surface area contributed by atoms with E-state index in [2.05, 4.69) is 5.32 Å². The van der Waals surface area contributed by atoms with Gasteiger partial charge in [-0.25, -0.2) is 0 Å². The zero-order chi connectivity index (χ0) is 12.4. The monoisotopic (exact) mass is 234 g/mol. The number of rotatable bonds is 3. The lowest BCUT2D eigenvalue weighted by Gasteiger charge is -2.17. The topological polar surface area (TPSA) is 52.6 Å². The first-order valence-electron chi connectivity index (χ1n) is 5.80. The minimum atomic E-state index is -0.711. The summed E-state index contributed by atoms with van der Waals surface area (Å²) in [6.45, 7) is 1.31. The van der Waals surface area contributed by atoms with Crippen LogP contribution in [0.1, 0.15) is 11.5 Å². The number of carboxylic acid groups (broad SMARTS) is 1. The predicted octanol–water partition coefficient (Wildman–Crippen LogP) is 1.14. The summed E-state index contributed by atoms with van der Waals surface area (Å²) >= 11 is 0. The highest BCUT2D eigenvalue weighted by atomic mass is 16.4. The van der Waals surface area contributed by atoms with Crippen molar-refractivity contribution in [2.75, 3.05) is 32.1 Å². The Morgan fingerprint density at radius 2 is 1.94 bits per heavy atom. The van der Waals surface area contributed by atoms with Crippen molar-refractivity contribution in [1.82, 2.24) is 5.32 Å². The maximum Gasteiger partial charge on any atom is 0.308 e. The maximum atomic E-state index is 11.1.